The Hall–Kier alpha value is -0.840. The van der Waals surface area contributed by atoms with E-state index in [0.29, 0.717) is 6.04 Å². The Morgan fingerprint density at radius 1 is 1.25 bits per heavy atom. The van der Waals surface area contributed by atoms with Crippen LogP contribution < -0.4 is 10.6 Å². The number of anilines is 1. The fourth-order valence-corrected chi connectivity index (χ4v) is 3.64. The van der Waals surface area contributed by atoms with Crippen LogP contribution in [0.5, 0.6) is 0 Å². The van der Waals surface area contributed by atoms with Crippen molar-refractivity contribution in [3.8, 4) is 0 Å². The van der Waals surface area contributed by atoms with Crippen molar-refractivity contribution in [3.05, 3.63) is 50.6 Å². The highest BCUT2D eigenvalue weighted by Crippen LogP contribution is 2.29. The van der Waals surface area contributed by atoms with Gasteiger partial charge in [-0.2, -0.15) is 0 Å². The molecule has 1 aromatic carbocycles. The van der Waals surface area contributed by atoms with Gasteiger partial charge >= 0.3 is 0 Å². The fourth-order valence-electron chi connectivity index (χ4n) is 2.21. The molecule has 2 aromatic rings. The lowest BCUT2D eigenvalue weighted by Gasteiger charge is -2.29. The van der Waals surface area contributed by atoms with Gasteiger partial charge in [0.05, 0.1) is 6.54 Å². The molecule has 0 unspecified atom stereocenters. The molecule has 2 N–H and O–H groups in total. The third-order valence-electron chi connectivity index (χ3n) is 3.34. The zero-order valence-electron chi connectivity index (χ0n) is 12.1. The molecule has 0 fully saturated rings. The van der Waals surface area contributed by atoms with Gasteiger partial charge in [-0.3, -0.25) is 0 Å². The Labute approximate surface area is 133 Å². The largest absolute Gasteiger partial charge is 0.364 e. The second kappa shape index (κ2) is 6.74. The van der Waals surface area contributed by atoms with E-state index in [1.807, 2.05) is 6.92 Å². The van der Waals surface area contributed by atoms with Crippen LogP contribution in [0.2, 0.25) is 0 Å². The van der Waals surface area contributed by atoms with E-state index in [0.717, 1.165) is 16.6 Å². The summed E-state index contributed by atoms with van der Waals surface area (Å²) in [6.07, 6.45) is 0. The first-order chi connectivity index (χ1) is 9.49. The van der Waals surface area contributed by atoms with Gasteiger partial charge < -0.3 is 10.6 Å². The molecule has 2 rings (SSSR count). The van der Waals surface area contributed by atoms with Gasteiger partial charge in [-0.05, 0) is 49.9 Å². The molecule has 0 saturated heterocycles. The minimum Gasteiger partial charge on any atom is -0.364 e. The number of halogens is 1. The Morgan fingerprint density at radius 3 is 2.50 bits per heavy atom. The molecule has 0 aliphatic rings. The smallest absolute Gasteiger partial charge is 0.0525 e. The van der Waals surface area contributed by atoms with Crippen LogP contribution in [-0.4, -0.2) is 6.04 Å². The standard InChI is InChI=1S/C16H21BrN2S/c1-11(2)19(10-14-5-4-8-20-14)13-6-7-15(12(3)18)16(17)9-13/h4-9,11-12H,10,18H2,1-3H3/t12-/m0/s1. The van der Waals surface area contributed by atoms with Gasteiger partial charge in [0, 0.05) is 27.1 Å². The van der Waals surface area contributed by atoms with Crippen molar-refractivity contribution in [2.45, 2.75) is 39.4 Å². The Morgan fingerprint density at radius 2 is 2.00 bits per heavy atom. The zero-order chi connectivity index (χ0) is 14.7. The van der Waals surface area contributed by atoms with Crippen molar-refractivity contribution in [2.24, 2.45) is 5.73 Å². The summed E-state index contributed by atoms with van der Waals surface area (Å²) in [5, 5.41) is 2.13. The molecule has 0 bridgehead atoms. The number of hydrogen-bond acceptors (Lipinski definition) is 3. The quantitative estimate of drug-likeness (QED) is 0.824. The summed E-state index contributed by atoms with van der Waals surface area (Å²) in [6.45, 7) is 7.40. The lowest BCUT2D eigenvalue weighted by atomic mass is 10.1. The minimum absolute atomic E-state index is 0.0446. The van der Waals surface area contributed by atoms with E-state index in [-0.39, 0.29) is 6.04 Å². The lowest BCUT2D eigenvalue weighted by Crippen LogP contribution is -2.29. The van der Waals surface area contributed by atoms with Crippen molar-refractivity contribution in [3.63, 3.8) is 0 Å². The number of benzene rings is 1. The van der Waals surface area contributed by atoms with Crippen LogP contribution in [0.15, 0.2) is 40.2 Å². The summed E-state index contributed by atoms with van der Waals surface area (Å²) in [5.74, 6) is 0. The van der Waals surface area contributed by atoms with Gasteiger partial charge in [-0.15, -0.1) is 11.3 Å². The van der Waals surface area contributed by atoms with Gasteiger partial charge in [0.15, 0.2) is 0 Å². The van der Waals surface area contributed by atoms with Crippen LogP contribution in [0, 0.1) is 0 Å². The molecular weight excluding hydrogens is 332 g/mol. The first-order valence-electron chi connectivity index (χ1n) is 6.83. The van der Waals surface area contributed by atoms with E-state index in [9.17, 15) is 0 Å². The Balaban J connectivity index is 2.28. The van der Waals surface area contributed by atoms with Crippen LogP contribution in [0.1, 0.15) is 37.3 Å². The van der Waals surface area contributed by atoms with E-state index in [4.69, 9.17) is 5.73 Å². The maximum Gasteiger partial charge on any atom is 0.0525 e. The monoisotopic (exact) mass is 352 g/mol. The molecule has 2 nitrogen and oxygen atoms in total. The van der Waals surface area contributed by atoms with Crippen LogP contribution in [0.4, 0.5) is 5.69 Å². The molecule has 0 amide bonds. The highest BCUT2D eigenvalue weighted by molar-refractivity contribution is 9.10. The number of hydrogen-bond donors (Lipinski definition) is 1. The molecule has 1 heterocycles. The van der Waals surface area contributed by atoms with Gasteiger partial charge in [0.1, 0.15) is 0 Å². The first-order valence-corrected chi connectivity index (χ1v) is 8.50. The highest BCUT2D eigenvalue weighted by atomic mass is 79.9. The third kappa shape index (κ3) is 3.62. The van der Waals surface area contributed by atoms with Gasteiger partial charge in [-0.1, -0.05) is 28.1 Å². The van der Waals surface area contributed by atoms with Crippen LogP contribution in [-0.2, 0) is 6.54 Å². The Kier molecular flexibility index (Phi) is 5.24. The average Bonchev–Trinajstić information content (AvgIpc) is 2.87. The molecule has 0 aliphatic carbocycles. The Bertz CT molecular complexity index is 550. The molecule has 4 heteroatoms. The van der Waals surface area contributed by atoms with Crippen molar-refractivity contribution in [1.29, 1.82) is 0 Å². The number of nitrogens with two attached hydrogens (primary N) is 1. The van der Waals surface area contributed by atoms with E-state index in [1.54, 1.807) is 11.3 Å². The molecule has 1 aromatic heterocycles. The second-order valence-corrected chi connectivity index (χ2v) is 7.18. The zero-order valence-corrected chi connectivity index (χ0v) is 14.5. The number of rotatable bonds is 5. The topological polar surface area (TPSA) is 29.3 Å². The van der Waals surface area contributed by atoms with Gasteiger partial charge in [0.2, 0.25) is 0 Å². The molecule has 0 spiro atoms. The predicted molar refractivity (Wildman–Crippen MR) is 92.4 cm³/mol. The van der Waals surface area contributed by atoms with Crippen molar-refractivity contribution in [1.82, 2.24) is 0 Å². The van der Waals surface area contributed by atoms with Crippen molar-refractivity contribution in [2.75, 3.05) is 4.90 Å². The fraction of sp³-hybridized carbons (Fsp3) is 0.375. The minimum atomic E-state index is 0.0446. The number of nitrogens with zero attached hydrogens (tertiary/aromatic N) is 1. The summed E-state index contributed by atoms with van der Waals surface area (Å²) in [6, 6.07) is 11.2. The first kappa shape index (κ1) is 15.5. The van der Waals surface area contributed by atoms with E-state index in [1.165, 1.54) is 10.6 Å². The molecule has 0 radical (unpaired) electrons. The summed E-state index contributed by atoms with van der Waals surface area (Å²) in [7, 11) is 0. The normalized spacial score (nSPS) is 12.7. The third-order valence-corrected chi connectivity index (χ3v) is 4.88. The maximum atomic E-state index is 5.97. The molecule has 108 valence electrons. The number of thiophene rings is 1. The SMILES string of the molecule is CC(C)N(Cc1cccs1)c1ccc([C@H](C)N)c(Br)c1. The van der Waals surface area contributed by atoms with Gasteiger partial charge in [-0.25, -0.2) is 0 Å². The van der Waals surface area contributed by atoms with Crippen molar-refractivity contribution < 1.29 is 0 Å². The molecule has 0 saturated carbocycles. The summed E-state index contributed by atoms with van der Waals surface area (Å²) in [5.41, 5.74) is 8.34. The molecule has 20 heavy (non-hydrogen) atoms. The summed E-state index contributed by atoms with van der Waals surface area (Å²) >= 11 is 5.44. The molecular formula is C16H21BrN2S. The second-order valence-electron chi connectivity index (χ2n) is 5.30. The van der Waals surface area contributed by atoms with E-state index >= 15 is 0 Å². The van der Waals surface area contributed by atoms with Crippen molar-refractivity contribution >= 4 is 33.0 Å². The van der Waals surface area contributed by atoms with Gasteiger partial charge in [0.25, 0.3) is 0 Å². The maximum absolute atomic E-state index is 5.97. The summed E-state index contributed by atoms with van der Waals surface area (Å²) in [4.78, 5) is 3.78. The van der Waals surface area contributed by atoms with E-state index in [2.05, 4.69) is 70.4 Å². The van der Waals surface area contributed by atoms with Crippen LogP contribution >= 0.6 is 27.3 Å². The van der Waals surface area contributed by atoms with E-state index < -0.39 is 0 Å². The average molecular weight is 353 g/mol. The summed E-state index contributed by atoms with van der Waals surface area (Å²) < 4.78 is 1.09. The predicted octanol–water partition coefficient (Wildman–Crippen LogP) is 4.95. The lowest BCUT2D eigenvalue weighted by molar-refractivity contribution is 0.686. The van der Waals surface area contributed by atoms with Crippen LogP contribution in [0.25, 0.3) is 0 Å². The highest BCUT2D eigenvalue weighted by Gasteiger charge is 2.14. The van der Waals surface area contributed by atoms with Crippen LogP contribution in [0.3, 0.4) is 0 Å². The molecule has 1 atom stereocenters. The molecule has 0 aliphatic heterocycles.